The van der Waals surface area contributed by atoms with E-state index >= 15 is 0 Å². The van der Waals surface area contributed by atoms with Crippen LogP contribution in [-0.4, -0.2) is 32.2 Å². The van der Waals surface area contributed by atoms with Crippen molar-refractivity contribution >= 4 is 11.9 Å². The van der Waals surface area contributed by atoms with E-state index in [1.165, 1.54) is 31.4 Å². The SMILES string of the molecule is COc1cccc(CNC(=O)COC(=O)c2ccccc2OC(F)F)c1. The van der Waals surface area contributed by atoms with Gasteiger partial charge in [-0.1, -0.05) is 24.3 Å². The van der Waals surface area contributed by atoms with Crippen LogP contribution < -0.4 is 14.8 Å². The highest BCUT2D eigenvalue weighted by Crippen LogP contribution is 2.21. The molecule has 0 aromatic heterocycles. The number of hydrogen-bond donors (Lipinski definition) is 1. The van der Waals surface area contributed by atoms with Gasteiger partial charge in [-0.3, -0.25) is 4.79 Å². The van der Waals surface area contributed by atoms with Crippen LogP contribution in [0.3, 0.4) is 0 Å². The smallest absolute Gasteiger partial charge is 0.387 e. The number of methoxy groups -OCH3 is 1. The summed E-state index contributed by atoms with van der Waals surface area (Å²) in [7, 11) is 1.53. The summed E-state index contributed by atoms with van der Waals surface area (Å²) in [5.74, 6) is -1.13. The molecule has 1 amide bonds. The predicted molar refractivity (Wildman–Crippen MR) is 88.2 cm³/mol. The predicted octanol–water partition coefficient (Wildman–Crippen LogP) is 2.77. The Kier molecular flexibility index (Phi) is 6.90. The van der Waals surface area contributed by atoms with Crippen LogP contribution in [0, 0.1) is 0 Å². The first-order valence-corrected chi connectivity index (χ1v) is 7.60. The largest absolute Gasteiger partial charge is 0.497 e. The zero-order chi connectivity index (χ0) is 18.9. The van der Waals surface area contributed by atoms with E-state index in [0.717, 1.165) is 5.56 Å². The molecule has 138 valence electrons. The van der Waals surface area contributed by atoms with Gasteiger partial charge in [0.05, 0.1) is 7.11 Å². The average Bonchev–Trinajstić information content (AvgIpc) is 2.64. The summed E-state index contributed by atoms with van der Waals surface area (Å²) in [4.78, 5) is 23.8. The lowest BCUT2D eigenvalue weighted by molar-refractivity contribution is -0.124. The third kappa shape index (κ3) is 5.73. The molecule has 6 nitrogen and oxygen atoms in total. The van der Waals surface area contributed by atoms with Crippen molar-refractivity contribution in [3.63, 3.8) is 0 Å². The molecule has 0 aliphatic rings. The van der Waals surface area contributed by atoms with Crippen LogP contribution >= 0.6 is 0 Å². The molecule has 0 atom stereocenters. The van der Waals surface area contributed by atoms with Gasteiger partial charge in [-0.05, 0) is 29.8 Å². The van der Waals surface area contributed by atoms with Gasteiger partial charge in [0, 0.05) is 6.54 Å². The summed E-state index contributed by atoms with van der Waals surface area (Å²) in [6.07, 6.45) is 0. The molecule has 0 fully saturated rings. The molecule has 0 saturated heterocycles. The fraction of sp³-hybridized carbons (Fsp3) is 0.222. The molecule has 26 heavy (non-hydrogen) atoms. The minimum Gasteiger partial charge on any atom is -0.497 e. The van der Waals surface area contributed by atoms with E-state index in [2.05, 4.69) is 10.1 Å². The summed E-state index contributed by atoms with van der Waals surface area (Å²) >= 11 is 0. The molecule has 0 saturated carbocycles. The first kappa shape index (κ1) is 19.2. The second kappa shape index (κ2) is 9.36. The molecule has 8 heteroatoms. The van der Waals surface area contributed by atoms with Crippen LogP contribution in [0.15, 0.2) is 48.5 Å². The lowest BCUT2D eigenvalue weighted by Gasteiger charge is -2.10. The number of nitrogens with one attached hydrogen (secondary N) is 1. The Hall–Kier alpha value is -3.16. The van der Waals surface area contributed by atoms with Crippen LogP contribution in [0.4, 0.5) is 8.78 Å². The van der Waals surface area contributed by atoms with Gasteiger partial charge in [0.2, 0.25) is 0 Å². The van der Waals surface area contributed by atoms with E-state index in [1.807, 2.05) is 0 Å². The van der Waals surface area contributed by atoms with Gasteiger partial charge in [-0.25, -0.2) is 4.79 Å². The van der Waals surface area contributed by atoms with Crippen LogP contribution in [0.5, 0.6) is 11.5 Å². The van der Waals surface area contributed by atoms with Gasteiger partial charge < -0.3 is 19.5 Å². The topological polar surface area (TPSA) is 73.9 Å². The zero-order valence-electron chi connectivity index (χ0n) is 13.9. The lowest BCUT2D eigenvalue weighted by Crippen LogP contribution is -2.28. The third-order valence-corrected chi connectivity index (χ3v) is 3.28. The van der Waals surface area contributed by atoms with Gasteiger partial charge >= 0.3 is 12.6 Å². The molecule has 2 rings (SSSR count). The highest BCUT2D eigenvalue weighted by atomic mass is 19.3. The van der Waals surface area contributed by atoms with Crippen molar-refractivity contribution in [1.29, 1.82) is 0 Å². The van der Waals surface area contributed by atoms with Crippen molar-refractivity contribution in [3.8, 4) is 11.5 Å². The number of rotatable bonds is 8. The highest BCUT2D eigenvalue weighted by molar-refractivity contribution is 5.93. The molecule has 0 aliphatic carbocycles. The molecule has 0 heterocycles. The maximum atomic E-state index is 12.3. The zero-order valence-corrected chi connectivity index (χ0v) is 13.9. The Bertz CT molecular complexity index is 767. The number of esters is 1. The number of hydrogen-bond acceptors (Lipinski definition) is 5. The van der Waals surface area contributed by atoms with Gasteiger partial charge in [0.1, 0.15) is 17.1 Å². The molecule has 0 unspecified atom stereocenters. The number of ether oxygens (including phenoxy) is 3. The van der Waals surface area contributed by atoms with E-state index in [0.29, 0.717) is 5.75 Å². The van der Waals surface area contributed by atoms with Gasteiger partial charge in [-0.2, -0.15) is 8.78 Å². The normalized spacial score (nSPS) is 10.3. The van der Waals surface area contributed by atoms with Crippen molar-refractivity contribution in [2.75, 3.05) is 13.7 Å². The maximum Gasteiger partial charge on any atom is 0.387 e. The molecule has 1 N–H and O–H groups in total. The minimum absolute atomic E-state index is 0.187. The monoisotopic (exact) mass is 365 g/mol. The molecule has 0 radical (unpaired) electrons. The molecule has 0 aliphatic heterocycles. The average molecular weight is 365 g/mol. The number of halogens is 2. The number of alkyl halides is 2. The van der Waals surface area contributed by atoms with E-state index in [4.69, 9.17) is 9.47 Å². The van der Waals surface area contributed by atoms with Crippen molar-refractivity contribution in [2.45, 2.75) is 13.2 Å². The van der Waals surface area contributed by atoms with Crippen LogP contribution in [0.2, 0.25) is 0 Å². The van der Waals surface area contributed by atoms with E-state index in [-0.39, 0.29) is 17.9 Å². The molecule has 2 aromatic carbocycles. The summed E-state index contributed by atoms with van der Waals surface area (Å²) in [6.45, 7) is -3.40. The highest BCUT2D eigenvalue weighted by Gasteiger charge is 2.17. The summed E-state index contributed by atoms with van der Waals surface area (Å²) in [5, 5.41) is 2.58. The van der Waals surface area contributed by atoms with E-state index < -0.39 is 25.1 Å². The number of para-hydroxylation sites is 1. The van der Waals surface area contributed by atoms with E-state index in [1.54, 1.807) is 24.3 Å². The molecule has 2 aromatic rings. The van der Waals surface area contributed by atoms with Crippen molar-refractivity contribution in [1.82, 2.24) is 5.32 Å². The Balaban J connectivity index is 1.86. The molecular formula is C18H17F2NO5. The molecular weight excluding hydrogens is 348 g/mol. The number of carbonyl (C=O) groups is 2. The lowest BCUT2D eigenvalue weighted by atomic mass is 10.2. The fourth-order valence-electron chi connectivity index (χ4n) is 2.08. The summed E-state index contributed by atoms with van der Waals surface area (Å²) < 4.78 is 38.9. The van der Waals surface area contributed by atoms with Gasteiger partial charge in [-0.15, -0.1) is 0 Å². The van der Waals surface area contributed by atoms with Gasteiger partial charge in [0.25, 0.3) is 5.91 Å². The Morgan fingerprint density at radius 1 is 1.12 bits per heavy atom. The summed E-state index contributed by atoms with van der Waals surface area (Å²) in [5.41, 5.74) is 0.619. The Morgan fingerprint density at radius 2 is 1.88 bits per heavy atom. The Labute approximate surface area is 148 Å². The maximum absolute atomic E-state index is 12.3. The van der Waals surface area contributed by atoms with Gasteiger partial charge in [0.15, 0.2) is 6.61 Å². The molecule has 0 spiro atoms. The Morgan fingerprint density at radius 3 is 2.62 bits per heavy atom. The second-order valence-corrected chi connectivity index (χ2v) is 5.08. The fourth-order valence-corrected chi connectivity index (χ4v) is 2.08. The summed E-state index contributed by atoms with van der Waals surface area (Å²) in [6, 6.07) is 12.5. The number of amides is 1. The molecule has 0 bridgehead atoms. The van der Waals surface area contributed by atoms with Crippen LogP contribution in [0.25, 0.3) is 0 Å². The van der Waals surface area contributed by atoms with Crippen LogP contribution in [0.1, 0.15) is 15.9 Å². The van der Waals surface area contributed by atoms with E-state index in [9.17, 15) is 18.4 Å². The first-order valence-electron chi connectivity index (χ1n) is 7.60. The second-order valence-electron chi connectivity index (χ2n) is 5.08. The standard InChI is InChI=1S/C18H17F2NO5/c1-24-13-6-4-5-12(9-13)10-21-16(22)11-25-17(23)14-7-2-3-8-15(14)26-18(19)20/h2-9,18H,10-11H2,1H3,(H,21,22). The van der Waals surface area contributed by atoms with Crippen molar-refractivity contribution in [2.24, 2.45) is 0 Å². The minimum atomic E-state index is -3.07. The first-order chi connectivity index (χ1) is 12.5. The quantitative estimate of drug-likeness (QED) is 0.728. The number of carbonyl (C=O) groups excluding carboxylic acids is 2. The van der Waals surface area contributed by atoms with Crippen molar-refractivity contribution < 1.29 is 32.6 Å². The van der Waals surface area contributed by atoms with Crippen molar-refractivity contribution in [3.05, 3.63) is 59.7 Å². The third-order valence-electron chi connectivity index (χ3n) is 3.28. The number of benzene rings is 2. The van der Waals surface area contributed by atoms with Crippen LogP contribution in [-0.2, 0) is 16.1 Å².